The Hall–Kier alpha value is -0.660. The predicted molar refractivity (Wildman–Crippen MR) is 48.3 cm³/mol. The van der Waals surface area contributed by atoms with Crippen molar-refractivity contribution in [1.29, 1.82) is 0 Å². The smallest absolute Gasteiger partial charge is 0.145 e. The maximum Gasteiger partial charge on any atom is 0.145 e. The van der Waals surface area contributed by atoms with E-state index < -0.39 is 0 Å². The molecule has 0 rings (SSSR count). The standard InChI is InChI=1S/C9H18N2/c1-8(10)6-4-3-5-7-9(2)11/h10-11H,3-7H2,1-2H3/p+2. The first kappa shape index (κ1) is 10.3. The second-order valence-electron chi connectivity index (χ2n) is 3.25. The molecule has 0 aliphatic carbocycles. The van der Waals surface area contributed by atoms with Crippen molar-refractivity contribution in [1.82, 2.24) is 0 Å². The van der Waals surface area contributed by atoms with Gasteiger partial charge in [-0.3, -0.25) is 10.8 Å². The summed E-state index contributed by atoms with van der Waals surface area (Å²) < 4.78 is 0. The summed E-state index contributed by atoms with van der Waals surface area (Å²) >= 11 is 0. The second kappa shape index (κ2) is 6.08. The molecule has 0 atom stereocenters. The molecule has 0 amide bonds. The lowest BCUT2D eigenvalue weighted by molar-refractivity contribution is -0.117. The maximum atomic E-state index is 5.52. The van der Waals surface area contributed by atoms with Crippen molar-refractivity contribution in [2.45, 2.75) is 46.0 Å². The van der Waals surface area contributed by atoms with Crippen LogP contribution >= 0.6 is 0 Å². The molecule has 0 unspecified atom stereocenters. The number of hydrogen-bond donors (Lipinski definition) is 2. The van der Waals surface area contributed by atoms with Crippen LogP contribution in [-0.4, -0.2) is 11.4 Å². The topological polar surface area (TPSA) is 51.2 Å². The minimum atomic E-state index is 1.04. The molecule has 0 bridgehead atoms. The molecule has 0 aliphatic heterocycles. The van der Waals surface area contributed by atoms with Crippen molar-refractivity contribution in [3.8, 4) is 0 Å². The van der Waals surface area contributed by atoms with E-state index in [2.05, 4.69) is 0 Å². The number of hydrogen-bond acceptors (Lipinski definition) is 0. The van der Waals surface area contributed by atoms with E-state index in [0.717, 1.165) is 24.3 Å². The third kappa shape index (κ3) is 9.34. The van der Waals surface area contributed by atoms with E-state index in [1.165, 1.54) is 19.3 Å². The van der Waals surface area contributed by atoms with Gasteiger partial charge in [0, 0.05) is 26.7 Å². The fourth-order valence-corrected chi connectivity index (χ4v) is 0.984. The van der Waals surface area contributed by atoms with Gasteiger partial charge < -0.3 is 0 Å². The Kier molecular flexibility index (Phi) is 5.71. The summed E-state index contributed by atoms with van der Waals surface area (Å²) in [6.07, 6.45) is 5.77. The highest BCUT2D eigenvalue weighted by Gasteiger charge is 1.96. The molecule has 0 fully saturated rings. The van der Waals surface area contributed by atoms with Crippen molar-refractivity contribution < 1.29 is 10.8 Å². The van der Waals surface area contributed by atoms with Crippen LogP contribution < -0.4 is 10.8 Å². The zero-order valence-corrected chi connectivity index (χ0v) is 7.69. The van der Waals surface area contributed by atoms with E-state index in [0.29, 0.717) is 0 Å². The monoisotopic (exact) mass is 156 g/mol. The van der Waals surface area contributed by atoms with Gasteiger partial charge in [0.15, 0.2) is 0 Å². The summed E-state index contributed by atoms with van der Waals surface area (Å²) in [7, 11) is 0. The normalized spacial score (nSPS) is 9.64. The molecule has 2 heteroatoms. The van der Waals surface area contributed by atoms with Gasteiger partial charge in [-0.05, 0) is 12.8 Å². The first-order valence-corrected chi connectivity index (χ1v) is 4.28. The molecule has 0 spiro atoms. The van der Waals surface area contributed by atoms with Crippen LogP contribution in [0.15, 0.2) is 0 Å². The van der Waals surface area contributed by atoms with Gasteiger partial charge in [-0.1, -0.05) is 6.42 Å². The Labute approximate surface area is 69.0 Å². The van der Waals surface area contributed by atoms with Gasteiger partial charge in [-0.15, -0.1) is 0 Å². The van der Waals surface area contributed by atoms with Crippen LogP contribution in [0.1, 0.15) is 46.0 Å². The summed E-state index contributed by atoms with van der Waals surface area (Å²) in [5.74, 6) is 0. The largest absolute Gasteiger partial charge is 0.262 e. The highest BCUT2D eigenvalue weighted by molar-refractivity contribution is 5.75. The summed E-state index contributed by atoms with van der Waals surface area (Å²) in [6, 6.07) is 0. The minimum Gasteiger partial charge on any atom is -0.262 e. The zero-order valence-electron chi connectivity index (χ0n) is 7.69. The average Bonchev–Trinajstić information content (AvgIpc) is 1.85. The molecular weight excluding hydrogens is 136 g/mol. The summed E-state index contributed by atoms with van der Waals surface area (Å²) in [5.41, 5.74) is 2.08. The molecule has 64 valence electrons. The van der Waals surface area contributed by atoms with Crippen LogP contribution in [0.2, 0.25) is 0 Å². The number of nitrogens with two attached hydrogens (primary N) is 2. The quantitative estimate of drug-likeness (QED) is 0.380. The molecule has 0 aromatic heterocycles. The molecule has 4 N–H and O–H groups in total. The van der Waals surface area contributed by atoms with Crippen LogP contribution in [0.4, 0.5) is 0 Å². The third-order valence-corrected chi connectivity index (χ3v) is 1.64. The first-order valence-electron chi connectivity index (χ1n) is 4.28. The lowest BCUT2D eigenvalue weighted by Crippen LogP contribution is -2.37. The van der Waals surface area contributed by atoms with E-state index >= 15 is 0 Å². The Morgan fingerprint density at radius 2 is 1.18 bits per heavy atom. The van der Waals surface area contributed by atoms with Crippen LogP contribution in [0.5, 0.6) is 0 Å². The minimum absolute atomic E-state index is 1.04. The molecule has 0 aromatic rings. The average molecular weight is 156 g/mol. The maximum absolute atomic E-state index is 5.52. The Balaban J connectivity index is 3.03. The zero-order chi connectivity index (χ0) is 8.69. The molecule has 11 heavy (non-hydrogen) atoms. The highest BCUT2D eigenvalue weighted by atomic mass is 14.4. The van der Waals surface area contributed by atoms with Crippen LogP contribution in [-0.2, 0) is 0 Å². The van der Waals surface area contributed by atoms with Gasteiger partial charge in [-0.2, -0.15) is 0 Å². The van der Waals surface area contributed by atoms with Crippen LogP contribution in [0.3, 0.4) is 0 Å². The molecule has 0 heterocycles. The summed E-state index contributed by atoms with van der Waals surface area (Å²) in [4.78, 5) is 0. The molecule has 0 saturated carbocycles. The van der Waals surface area contributed by atoms with Crippen molar-refractivity contribution in [3.63, 3.8) is 0 Å². The highest BCUT2D eigenvalue weighted by Crippen LogP contribution is 2.02. The van der Waals surface area contributed by atoms with Gasteiger partial charge in [0.2, 0.25) is 0 Å². The lowest BCUT2D eigenvalue weighted by atomic mass is 10.1. The van der Waals surface area contributed by atoms with E-state index in [1.807, 2.05) is 13.8 Å². The number of rotatable bonds is 6. The van der Waals surface area contributed by atoms with E-state index in [9.17, 15) is 0 Å². The van der Waals surface area contributed by atoms with Gasteiger partial charge in [0.25, 0.3) is 0 Å². The Morgan fingerprint density at radius 3 is 1.45 bits per heavy atom. The molecule has 2 nitrogen and oxygen atoms in total. The van der Waals surface area contributed by atoms with Crippen molar-refractivity contribution in [3.05, 3.63) is 0 Å². The van der Waals surface area contributed by atoms with E-state index in [1.54, 1.807) is 0 Å². The SMILES string of the molecule is CC(=[NH2+])CCCCCC(C)=[NH2+]. The predicted octanol–water partition coefficient (Wildman–Crippen LogP) is -0.623. The lowest BCUT2D eigenvalue weighted by Gasteiger charge is -1.94. The van der Waals surface area contributed by atoms with Gasteiger partial charge >= 0.3 is 0 Å². The summed E-state index contributed by atoms with van der Waals surface area (Å²) in [5, 5.41) is 11.0. The number of unbranched alkanes of at least 4 members (excludes halogenated alkanes) is 2. The first-order chi connectivity index (χ1) is 5.13. The van der Waals surface area contributed by atoms with E-state index in [4.69, 9.17) is 10.8 Å². The molecule has 0 radical (unpaired) electrons. The third-order valence-electron chi connectivity index (χ3n) is 1.64. The Morgan fingerprint density at radius 1 is 0.818 bits per heavy atom. The van der Waals surface area contributed by atoms with Crippen LogP contribution in [0.25, 0.3) is 0 Å². The van der Waals surface area contributed by atoms with E-state index in [-0.39, 0.29) is 0 Å². The van der Waals surface area contributed by atoms with Crippen molar-refractivity contribution >= 4 is 11.4 Å². The second-order valence-corrected chi connectivity index (χ2v) is 3.25. The van der Waals surface area contributed by atoms with Crippen LogP contribution in [0, 0.1) is 0 Å². The van der Waals surface area contributed by atoms with Gasteiger partial charge in [-0.25, -0.2) is 0 Å². The van der Waals surface area contributed by atoms with Gasteiger partial charge in [0.05, 0.1) is 0 Å². The van der Waals surface area contributed by atoms with Crippen molar-refractivity contribution in [2.24, 2.45) is 0 Å². The van der Waals surface area contributed by atoms with Crippen molar-refractivity contribution in [2.75, 3.05) is 0 Å². The fourth-order valence-electron chi connectivity index (χ4n) is 0.984. The molecule has 0 aliphatic rings. The molecular formula is C9H20N2+2. The van der Waals surface area contributed by atoms with Gasteiger partial charge in [0.1, 0.15) is 11.4 Å². The fraction of sp³-hybridized carbons (Fsp3) is 0.778. The molecule has 0 aromatic carbocycles. The molecule has 0 saturated heterocycles. The summed E-state index contributed by atoms with van der Waals surface area (Å²) in [6.45, 7) is 3.95. The Bertz CT molecular complexity index is 122.